The molecule has 2 bridgehead atoms. The fourth-order valence-corrected chi connectivity index (χ4v) is 5.15. The van der Waals surface area contributed by atoms with E-state index in [2.05, 4.69) is 17.3 Å². The van der Waals surface area contributed by atoms with Gasteiger partial charge in [0.1, 0.15) is 0 Å². The van der Waals surface area contributed by atoms with Gasteiger partial charge in [0, 0.05) is 27.7 Å². The van der Waals surface area contributed by atoms with Crippen molar-refractivity contribution in [1.29, 1.82) is 0 Å². The van der Waals surface area contributed by atoms with E-state index in [4.69, 9.17) is 23.2 Å². The van der Waals surface area contributed by atoms with Gasteiger partial charge in [-0.3, -0.25) is 14.5 Å². The SMILES string of the molecule is CN1[C@H]2CC[C@@H]1[C@@H](C(=O)NCC(=O)c1ccc(Cl)cc1)[C@@H](c1ccc(Cl)cc1)C2. The van der Waals surface area contributed by atoms with E-state index < -0.39 is 0 Å². The lowest BCUT2D eigenvalue weighted by atomic mass is 9.75. The number of amides is 1. The van der Waals surface area contributed by atoms with E-state index in [1.807, 2.05) is 24.3 Å². The number of carbonyl (C=O) groups excluding carboxylic acids is 2. The maximum Gasteiger partial charge on any atom is 0.225 e. The average Bonchev–Trinajstić information content (AvgIpc) is 2.95. The topological polar surface area (TPSA) is 49.4 Å². The van der Waals surface area contributed by atoms with Gasteiger partial charge in [0.05, 0.1) is 12.5 Å². The number of fused-ring (bicyclic) bond motifs is 2. The van der Waals surface area contributed by atoms with E-state index in [0.717, 1.165) is 24.8 Å². The first-order chi connectivity index (χ1) is 13.9. The van der Waals surface area contributed by atoms with Crippen LogP contribution in [0.1, 0.15) is 41.1 Å². The summed E-state index contributed by atoms with van der Waals surface area (Å²) in [4.78, 5) is 28.1. The van der Waals surface area contributed by atoms with Crippen LogP contribution in [0.25, 0.3) is 0 Å². The molecule has 2 fully saturated rings. The molecule has 2 aromatic carbocycles. The Labute approximate surface area is 181 Å². The van der Waals surface area contributed by atoms with Gasteiger partial charge in [0.25, 0.3) is 0 Å². The van der Waals surface area contributed by atoms with Crippen molar-refractivity contribution in [2.45, 2.75) is 37.3 Å². The molecule has 0 aromatic heterocycles. The second-order valence-electron chi connectivity index (χ2n) is 8.03. The largest absolute Gasteiger partial charge is 0.348 e. The molecule has 152 valence electrons. The Bertz CT molecular complexity index is 898. The van der Waals surface area contributed by atoms with Crippen molar-refractivity contribution in [3.05, 3.63) is 69.7 Å². The van der Waals surface area contributed by atoms with Gasteiger partial charge >= 0.3 is 0 Å². The molecular formula is C23H24Cl2N2O2. The second kappa shape index (κ2) is 8.47. The number of piperidine rings is 1. The molecule has 1 amide bonds. The van der Waals surface area contributed by atoms with Crippen LogP contribution >= 0.6 is 23.2 Å². The second-order valence-corrected chi connectivity index (χ2v) is 8.90. The van der Waals surface area contributed by atoms with Gasteiger partial charge in [-0.25, -0.2) is 0 Å². The van der Waals surface area contributed by atoms with Gasteiger partial charge in [-0.15, -0.1) is 0 Å². The lowest BCUT2D eigenvalue weighted by Gasteiger charge is -2.42. The number of ketones is 1. The summed E-state index contributed by atoms with van der Waals surface area (Å²) in [5.41, 5.74) is 1.69. The molecule has 4 atom stereocenters. The molecule has 29 heavy (non-hydrogen) atoms. The van der Waals surface area contributed by atoms with E-state index in [-0.39, 0.29) is 36.1 Å². The average molecular weight is 431 g/mol. The van der Waals surface area contributed by atoms with E-state index >= 15 is 0 Å². The number of halogens is 2. The summed E-state index contributed by atoms with van der Waals surface area (Å²) in [6.45, 7) is -0.00976. The standard InChI is InChI=1S/C23H24Cl2N2O2/c1-27-18-10-11-20(27)22(19(12-18)14-2-6-16(24)7-3-14)23(29)26-13-21(28)15-4-8-17(25)9-5-15/h2-9,18-20,22H,10-13H2,1H3,(H,26,29)/t18-,19+,20+,22-/m0/s1. The molecule has 2 aromatic rings. The van der Waals surface area contributed by atoms with Gasteiger partial charge in [-0.2, -0.15) is 0 Å². The summed E-state index contributed by atoms with van der Waals surface area (Å²) in [6, 6.07) is 15.2. The highest BCUT2D eigenvalue weighted by Gasteiger charge is 2.48. The van der Waals surface area contributed by atoms with Crippen molar-refractivity contribution < 1.29 is 9.59 Å². The van der Waals surface area contributed by atoms with Crippen LogP contribution in [-0.4, -0.2) is 42.3 Å². The maximum atomic E-state index is 13.2. The first-order valence-electron chi connectivity index (χ1n) is 9.98. The third-order valence-corrected chi connectivity index (χ3v) is 6.96. The molecule has 2 aliphatic heterocycles. The minimum Gasteiger partial charge on any atom is -0.348 e. The quantitative estimate of drug-likeness (QED) is 0.707. The zero-order valence-electron chi connectivity index (χ0n) is 16.3. The maximum absolute atomic E-state index is 13.2. The molecule has 1 N–H and O–H groups in total. The van der Waals surface area contributed by atoms with Gasteiger partial charge in [-0.05, 0) is 74.2 Å². The zero-order chi connectivity index (χ0) is 20.5. The third-order valence-electron chi connectivity index (χ3n) is 6.46. The molecule has 0 saturated carbocycles. The molecule has 0 radical (unpaired) electrons. The van der Waals surface area contributed by atoms with Crippen LogP contribution in [0.2, 0.25) is 10.0 Å². The molecule has 4 nitrogen and oxygen atoms in total. The number of hydrogen-bond donors (Lipinski definition) is 1. The van der Waals surface area contributed by atoms with Crippen molar-refractivity contribution >= 4 is 34.9 Å². The number of hydrogen-bond acceptors (Lipinski definition) is 3. The monoisotopic (exact) mass is 430 g/mol. The molecule has 4 rings (SSSR count). The number of carbonyl (C=O) groups is 2. The minimum atomic E-state index is -0.182. The first kappa shape index (κ1) is 20.4. The van der Waals surface area contributed by atoms with E-state index in [0.29, 0.717) is 21.7 Å². The highest BCUT2D eigenvalue weighted by atomic mass is 35.5. The fourth-order valence-electron chi connectivity index (χ4n) is 4.90. The van der Waals surface area contributed by atoms with E-state index in [1.165, 1.54) is 0 Å². The lowest BCUT2D eigenvalue weighted by Crippen LogP contribution is -2.52. The number of nitrogens with one attached hydrogen (secondary N) is 1. The van der Waals surface area contributed by atoms with E-state index in [9.17, 15) is 9.59 Å². The lowest BCUT2D eigenvalue weighted by molar-refractivity contribution is -0.129. The summed E-state index contributed by atoms with van der Waals surface area (Å²) in [5, 5.41) is 4.18. The van der Waals surface area contributed by atoms with Crippen molar-refractivity contribution in [3.63, 3.8) is 0 Å². The molecule has 2 saturated heterocycles. The highest BCUT2D eigenvalue weighted by molar-refractivity contribution is 6.30. The Morgan fingerprint density at radius 2 is 1.62 bits per heavy atom. The Hall–Kier alpha value is -1.88. The van der Waals surface area contributed by atoms with Crippen LogP contribution in [0.3, 0.4) is 0 Å². The first-order valence-corrected chi connectivity index (χ1v) is 10.7. The van der Waals surface area contributed by atoms with Gasteiger partial charge in [0.15, 0.2) is 5.78 Å². The third kappa shape index (κ3) is 4.20. The molecular weight excluding hydrogens is 407 g/mol. The smallest absolute Gasteiger partial charge is 0.225 e. The Morgan fingerprint density at radius 1 is 1.00 bits per heavy atom. The summed E-state index contributed by atoms with van der Waals surface area (Å²) >= 11 is 11.9. The fraction of sp³-hybridized carbons (Fsp3) is 0.391. The van der Waals surface area contributed by atoms with Crippen LogP contribution < -0.4 is 5.32 Å². The number of Topliss-reactive ketones (excluding diaryl/α,β-unsaturated/α-hetero) is 1. The summed E-state index contributed by atoms with van der Waals surface area (Å²) in [7, 11) is 2.11. The van der Waals surface area contributed by atoms with Gasteiger partial charge in [0.2, 0.25) is 5.91 Å². The highest BCUT2D eigenvalue weighted by Crippen LogP contribution is 2.46. The number of rotatable bonds is 5. The van der Waals surface area contributed by atoms with Crippen molar-refractivity contribution in [2.24, 2.45) is 5.92 Å². The molecule has 0 spiro atoms. The van der Waals surface area contributed by atoms with Crippen LogP contribution in [0.4, 0.5) is 0 Å². The Balaban J connectivity index is 1.51. The number of nitrogens with zero attached hydrogens (tertiary/aromatic N) is 1. The molecule has 6 heteroatoms. The Kier molecular flexibility index (Phi) is 5.95. The predicted molar refractivity (Wildman–Crippen MR) is 116 cm³/mol. The van der Waals surface area contributed by atoms with Crippen molar-refractivity contribution in [3.8, 4) is 0 Å². The van der Waals surface area contributed by atoms with Crippen molar-refractivity contribution in [1.82, 2.24) is 10.2 Å². The molecule has 2 heterocycles. The minimum absolute atomic E-state index is 0.00976. The van der Waals surface area contributed by atoms with E-state index in [1.54, 1.807) is 24.3 Å². The normalized spacial score (nSPS) is 26.3. The van der Waals surface area contributed by atoms with Gasteiger partial charge in [-0.1, -0.05) is 35.3 Å². The van der Waals surface area contributed by atoms with Crippen LogP contribution in [0.5, 0.6) is 0 Å². The van der Waals surface area contributed by atoms with Crippen LogP contribution in [0, 0.1) is 5.92 Å². The zero-order valence-corrected chi connectivity index (χ0v) is 17.8. The molecule has 0 unspecified atom stereocenters. The molecule has 2 aliphatic rings. The van der Waals surface area contributed by atoms with Crippen molar-refractivity contribution in [2.75, 3.05) is 13.6 Å². The summed E-state index contributed by atoms with van der Waals surface area (Å²) in [5.74, 6) is -0.222. The molecule has 0 aliphatic carbocycles. The van der Waals surface area contributed by atoms with Gasteiger partial charge < -0.3 is 5.32 Å². The Morgan fingerprint density at radius 3 is 2.28 bits per heavy atom. The number of benzene rings is 2. The van der Waals surface area contributed by atoms with Crippen LogP contribution in [-0.2, 0) is 4.79 Å². The predicted octanol–water partition coefficient (Wildman–Crippen LogP) is 4.56. The van der Waals surface area contributed by atoms with Crippen LogP contribution in [0.15, 0.2) is 48.5 Å². The summed E-state index contributed by atoms with van der Waals surface area (Å²) in [6.07, 6.45) is 3.06. The summed E-state index contributed by atoms with van der Waals surface area (Å²) < 4.78 is 0.